The van der Waals surface area contributed by atoms with E-state index >= 15 is 0 Å². The number of ether oxygens (including phenoxy) is 2. The van der Waals surface area contributed by atoms with Crippen LogP contribution in [-0.2, 0) is 16.0 Å². The molecule has 0 spiro atoms. The first-order chi connectivity index (χ1) is 10.8. The molecule has 0 saturated carbocycles. The van der Waals surface area contributed by atoms with Gasteiger partial charge < -0.3 is 20.1 Å². The summed E-state index contributed by atoms with van der Waals surface area (Å²) in [6.45, 7) is 8.77. The van der Waals surface area contributed by atoms with Crippen LogP contribution in [0.25, 0.3) is 0 Å². The summed E-state index contributed by atoms with van der Waals surface area (Å²) in [5, 5.41) is 7.67. The van der Waals surface area contributed by atoms with Crippen LogP contribution in [0.4, 0.5) is 0 Å². The molecule has 6 nitrogen and oxygen atoms in total. The van der Waals surface area contributed by atoms with Gasteiger partial charge in [-0.15, -0.1) is 35.3 Å². The van der Waals surface area contributed by atoms with E-state index in [1.165, 1.54) is 4.88 Å². The highest BCUT2D eigenvalue weighted by Gasteiger charge is 2.15. The van der Waals surface area contributed by atoms with Gasteiger partial charge in [-0.2, -0.15) is 0 Å². The van der Waals surface area contributed by atoms with E-state index < -0.39 is 0 Å². The van der Waals surface area contributed by atoms with Gasteiger partial charge in [0.1, 0.15) is 0 Å². The van der Waals surface area contributed by atoms with Crippen LogP contribution in [0.3, 0.4) is 0 Å². The number of halogens is 1. The number of rotatable bonds is 8. The predicted molar refractivity (Wildman–Crippen MR) is 105 cm³/mol. The molecule has 1 fully saturated rings. The summed E-state index contributed by atoms with van der Waals surface area (Å²) in [5.41, 5.74) is 0. The highest BCUT2D eigenvalue weighted by molar-refractivity contribution is 14.0. The van der Waals surface area contributed by atoms with Crippen LogP contribution in [0, 0.1) is 6.92 Å². The molecular weight excluding hydrogens is 427 g/mol. The van der Waals surface area contributed by atoms with Crippen LogP contribution < -0.4 is 10.6 Å². The average Bonchev–Trinajstić information content (AvgIpc) is 3.16. The molecule has 8 heteroatoms. The van der Waals surface area contributed by atoms with Crippen LogP contribution in [0.1, 0.15) is 29.7 Å². The Morgan fingerprint density at radius 3 is 3.04 bits per heavy atom. The molecule has 1 aromatic heterocycles. The van der Waals surface area contributed by atoms with Gasteiger partial charge in [0.15, 0.2) is 5.96 Å². The minimum absolute atomic E-state index is 0. The first-order valence-corrected chi connectivity index (χ1v) is 8.72. The first kappa shape index (κ1) is 20.6. The van der Waals surface area contributed by atoms with Crippen molar-refractivity contribution in [3.05, 3.63) is 16.1 Å². The topological polar surface area (TPSA) is 67.8 Å². The zero-order chi connectivity index (χ0) is 15.6. The molecule has 2 N–H and O–H groups in total. The summed E-state index contributed by atoms with van der Waals surface area (Å²) in [6, 6.07) is 0. The van der Waals surface area contributed by atoms with Crippen molar-refractivity contribution in [2.45, 2.75) is 39.3 Å². The van der Waals surface area contributed by atoms with Crippen molar-refractivity contribution in [2.75, 3.05) is 32.9 Å². The predicted octanol–water partition coefficient (Wildman–Crippen LogP) is 2.32. The molecule has 0 radical (unpaired) electrons. The molecule has 1 aromatic rings. The van der Waals surface area contributed by atoms with Gasteiger partial charge in [-0.05, 0) is 26.7 Å². The monoisotopic (exact) mass is 454 g/mol. The number of aryl methyl sites for hydroxylation is 1. The van der Waals surface area contributed by atoms with Crippen LogP contribution in [0.2, 0.25) is 0 Å². The quantitative estimate of drug-likeness (QED) is 0.273. The fraction of sp³-hybridized carbons (Fsp3) is 0.733. The Hall–Kier alpha value is -0.450. The third kappa shape index (κ3) is 8.27. The van der Waals surface area contributed by atoms with Crippen molar-refractivity contribution < 1.29 is 9.47 Å². The lowest BCUT2D eigenvalue weighted by molar-refractivity contribution is 0.0420. The smallest absolute Gasteiger partial charge is 0.191 e. The van der Waals surface area contributed by atoms with Crippen LogP contribution >= 0.6 is 35.3 Å². The Morgan fingerprint density at radius 1 is 1.52 bits per heavy atom. The van der Waals surface area contributed by atoms with Gasteiger partial charge in [0.2, 0.25) is 0 Å². The summed E-state index contributed by atoms with van der Waals surface area (Å²) >= 11 is 1.69. The number of guanidine groups is 1. The molecule has 132 valence electrons. The first-order valence-electron chi connectivity index (χ1n) is 7.90. The van der Waals surface area contributed by atoms with Crippen molar-refractivity contribution in [1.82, 2.24) is 15.6 Å². The zero-order valence-corrected chi connectivity index (χ0v) is 17.0. The maximum atomic E-state index is 5.74. The molecule has 2 heterocycles. The van der Waals surface area contributed by atoms with E-state index in [9.17, 15) is 0 Å². The number of aliphatic imine (C=N–C) groups is 1. The van der Waals surface area contributed by atoms with Crippen LogP contribution in [0.15, 0.2) is 11.2 Å². The fourth-order valence-electron chi connectivity index (χ4n) is 2.15. The lowest BCUT2D eigenvalue weighted by Gasteiger charge is -2.12. The molecule has 1 unspecified atom stereocenters. The van der Waals surface area contributed by atoms with Crippen LogP contribution in [-0.4, -0.2) is 50.0 Å². The Kier molecular flexibility index (Phi) is 10.7. The number of nitrogens with zero attached hydrogens (tertiary/aromatic N) is 2. The van der Waals surface area contributed by atoms with E-state index in [1.54, 1.807) is 11.3 Å². The second-order valence-corrected chi connectivity index (χ2v) is 6.50. The molecule has 0 bridgehead atoms. The van der Waals surface area contributed by atoms with E-state index in [4.69, 9.17) is 9.47 Å². The highest BCUT2D eigenvalue weighted by atomic mass is 127. The highest BCUT2D eigenvalue weighted by Crippen LogP contribution is 2.12. The molecule has 1 atom stereocenters. The molecule has 0 aromatic carbocycles. The number of hydrogen-bond donors (Lipinski definition) is 2. The van der Waals surface area contributed by atoms with Gasteiger partial charge in [-0.3, -0.25) is 0 Å². The van der Waals surface area contributed by atoms with E-state index in [2.05, 4.69) is 27.5 Å². The fourth-order valence-corrected chi connectivity index (χ4v) is 2.87. The Morgan fingerprint density at radius 2 is 2.39 bits per heavy atom. The lowest BCUT2D eigenvalue weighted by Crippen LogP contribution is -2.38. The minimum atomic E-state index is 0. The Bertz CT molecular complexity index is 464. The van der Waals surface area contributed by atoms with E-state index in [0.29, 0.717) is 6.54 Å². The molecule has 2 rings (SSSR count). The molecule has 1 aliphatic rings. The third-order valence-electron chi connectivity index (χ3n) is 3.26. The molecule has 23 heavy (non-hydrogen) atoms. The molecule has 1 saturated heterocycles. The number of aromatic nitrogens is 1. The normalized spacial score (nSPS) is 17.8. The molecule has 0 amide bonds. The maximum absolute atomic E-state index is 5.74. The van der Waals surface area contributed by atoms with Crippen molar-refractivity contribution in [3.8, 4) is 0 Å². The van der Waals surface area contributed by atoms with Gasteiger partial charge in [0.05, 0.1) is 24.3 Å². The second-order valence-electron chi connectivity index (χ2n) is 5.18. The van der Waals surface area contributed by atoms with Crippen molar-refractivity contribution >= 4 is 41.3 Å². The van der Waals surface area contributed by atoms with Gasteiger partial charge in [-0.1, -0.05) is 0 Å². The summed E-state index contributed by atoms with van der Waals surface area (Å²) in [4.78, 5) is 10.0. The Balaban J connectivity index is 0.00000264. The second kappa shape index (κ2) is 12.0. The van der Waals surface area contributed by atoms with E-state index in [1.807, 2.05) is 13.1 Å². The van der Waals surface area contributed by atoms with Gasteiger partial charge in [0.25, 0.3) is 0 Å². The third-order valence-corrected chi connectivity index (χ3v) is 4.16. The average molecular weight is 454 g/mol. The molecular formula is C15H27IN4O2S. The maximum Gasteiger partial charge on any atom is 0.191 e. The lowest BCUT2D eigenvalue weighted by atomic mass is 10.3. The number of hydrogen-bond acceptors (Lipinski definition) is 5. The van der Waals surface area contributed by atoms with Crippen molar-refractivity contribution in [3.63, 3.8) is 0 Å². The summed E-state index contributed by atoms with van der Waals surface area (Å²) < 4.78 is 11.0. The molecule has 0 aliphatic carbocycles. The molecule has 1 aliphatic heterocycles. The largest absolute Gasteiger partial charge is 0.379 e. The van der Waals surface area contributed by atoms with E-state index in [-0.39, 0.29) is 30.1 Å². The SMILES string of the molecule is CCNC(=NCc1cnc(C)s1)NCCCOC1CCOC1.I. The van der Waals surface area contributed by atoms with Crippen molar-refractivity contribution in [2.24, 2.45) is 4.99 Å². The van der Waals surface area contributed by atoms with Crippen LogP contribution in [0.5, 0.6) is 0 Å². The van der Waals surface area contributed by atoms with Crippen molar-refractivity contribution in [1.29, 1.82) is 0 Å². The van der Waals surface area contributed by atoms with Gasteiger partial charge in [-0.25, -0.2) is 9.98 Å². The zero-order valence-electron chi connectivity index (χ0n) is 13.8. The van der Waals surface area contributed by atoms with Gasteiger partial charge >= 0.3 is 0 Å². The number of nitrogens with one attached hydrogen (secondary N) is 2. The number of thiazole rings is 1. The summed E-state index contributed by atoms with van der Waals surface area (Å²) in [7, 11) is 0. The Labute approximate surface area is 159 Å². The van der Waals surface area contributed by atoms with E-state index in [0.717, 1.165) is 56.7 Å². The summed E-state index contributed by atoms with van der Waals surface area (Å²) in [5.74, 6) is 0.845. The summed E-state index contributed by atoms with van der Waals surface area (Å²) in [6.07, 6.45) is 4.16. The van der Waals surface area contributed by atoms with Gasteiger partial charge in [0, 0.05) is 37.4 Å². The minimum Gasteiger partial charge on any atom is -0.379 e. The standard InChI is InChI=1S/C15H26N4O2S.HI/c1-3-16-15(19-10-14-9-18-12(2)22-14)17-6-4-7-21-13-5-8-20-11-13;/h9,13H,3-8,10-11H2,1-2H3,(H2,16,17,19);1H.